The Labute approximate surface area is 140 Å². The van der Waals surface area contributed by atoms with Crippen LogP contribution in [0.2, 0.25) is 0 Å². The Morgan fingerprint density at radius 2 is 2.27 bits per heavy atom. The number of hydrogen-bond donors (Lipinski definition) is 1. The molecule has 0 unspecified atom stereocenters. The van der Waals surface area contributed by atoms with Crippen molar-refractivity contribution in [1.29, 1.82) is 0 Å². The minimum atomic E-state index is -0.470. The van der Waals surface area contributed by atoms with Gasteiger partial charge in [-0.2, -0.15) is 0 Å². The van der Waals surface area contributed by atoms with Crippen LogP contribution >= 0.6 is 35.7 Å². The van der Waals surface area contributed by atoms with Gasteiger partial charge in [0.2, 0.25) is 0 Å². The van der Waals surface area contributed by atoms with Crippen molar-refractivity contribution in [2.24, 2.45) is 0 Å². The smallest absolute Gasteiger partial charge is 0.283 e. The standard InChI is InChI=1S/C13H12N2O4S3/c1-14-12(17)11(22-13(14)20)7-8-2-3-10(21-5-4-16)9(6-8)15(18)19/h2-3,6-7,16H,4-5H2,1H3/b11-7+. The summed E-state index contributed by atoms with van der Waals surface area (Å²) in [5.74, 6) is 0.172. The maximum atomic E-state index is 11.9. The molecule has 0 aromatic heterocycles. The molecule has 0 bridgehead atoms. The van der Waals surface area contributed by atoms with Crippen LogP contribution in [0.1, 0.15) is 5.56 Å². The fourth-order valence-corrected chi connectivity index (χ4v) is 3.68. The SMILES string of the molecule is CN1C(=O)/C(=C\c2ccc(SCCO)c([N+](=O)[O-])c2)SC1=S. The van der Waals surface area contributed by atoms with Crippen LogP contribution in [0.4, 0.5) is 5.69 Å². The Kier molecular flexibility index (Phi) is 5.57. The zero-order valence-corrected chi connectivity index (χ0v) is 14.0. The van der Waals surface area contributed by atoms with E-state index in [1.165, 1.54) is 34.5 Å². The third-order valence-corrected chi connectivity index (χ3v) is 5.34. The second-order valence-electron chi connectivity index (χ2n) is 4.30. The normalized spacial score (nSPS) is 16.6. The zero-order valence-electron chi connectivity index (χ0n) is 11.5. The maximum absolute atomic E-state index is 11.9. The van der Waals surface area contributed by atoms with Crippen LogP contribution in [0.25, 0.3) is 6.08 Å². The van der Waals surface area contributed by atoms with E-state index in [1.807, 2.05) is 0 Å². The largest absolute Gasteiger partial charge is 0.396 e. The molecule has 2 rings (SSSR count). The summed E-state index contributed by atoms with van der Waals surface area (Å²) in [6.45, 7) is -0.0530. The zero-order chi connectivity index (χ0) is 16.3. The lowest BCUT2D eigenvalue weighted by atomic mass is 10.2. The molecule has 6 nitrogen and oxygen atoms in total. The van der Waals surface area contributed by atoms with Crippen molar-refractivity contribution in [3.05, 3.63) is 38.8 Å². The molecule has 1 aromatic rings. The second-order valence-corrected chi connectivity index (χ2v) is 7.11. The van der Waals surface area contributed by atoms with E-state index in [1.54, 1.807) is 25.3 Å². The number of aliphatic hydroxyl groups is 1. The second kappa shape index (κ2) is 7.23. The molecule has 1 aliphatic heterocycles. The molecule has 0 atom stereocenters. The number of nitro groups is 1. The van der Waals surface area contributed by atoms with Gasteiger partial charge in [-0.3, -0.25) is 19.8 Å². The molecular weight excluding hydrogens is 344 g/mol. The summed E-state index contributed by atoms with van der Waals surface area (Å²) in [5.41, 5.74) is 0.521. The Morgan fingerprint density at radius 1 is 1.55 bits per heavy atom. The lowest BCUT2D eigenvalue weighted by molar-refractivity contribution is -0.387. The first-order valence-electron chi connectivity index (χ1n) is 6.17. The number of rotatable bonds is 5. The molecular formula is C13H12N2O4S3. The predicted octanol–water partition coefficient (Wildman–Crippen LogP) is 2.51. The van der Waals surface area contributed by atoms with Gasteiger partial charge in [-0.25, -0.2) is 0 Å². The van der Waals surface area contributed by atoms with E-state index in [2.05, 4.69) is 0 Å². The van der Waals surface area contributed by atoms with Gasteiger partial charge in [0.05, 0.1) is 21.3 Å². The number of nitro benzene ring substituents is 1. The highest BCUT2D eigenvalue weighted by atomic mass is 32.2. The van der Waals surface area contributed by atoms with Crippen molar-refractivity contribution < 1.29 is 14.8 Å². The predicted molar refractivity (Wildman–Crippen MR) is 91.8 cm³/mol. The Balaban J connectivity index is 2.33. The number of nitrogens with zero attached hydrogens (tertiary/aromatic N) is 2. The van der Waals surface area contributed by atoms with Crippen LogP contribution in [0, 0.1) is 10.1 Å². The number of amides is 1. The van der Waals surface area contributed by atoms with Crippen LogP contribution in [0.5, 0.6) is 0 Å². The average molecular weight is 356 g/mol. The first-order chi connectivity index (χ1) is 10.4. The number of benzene rings is 1. The van der Waals surface area contributed by atoms with E-state index < -0.39 is 4.92 Å². The van der Waals surface area contributed by atoms with Crippen molar-refractivity contribution in [1.82, 2.24) is 4.90 Å². The van der Waals surface area contributed by atoms with Crippen LogP contribution in [0.3, 0.4) is 0 Å². The topological polar surface area (TPSA) is 83.7 Å². The van der Waals surface area contributed by atoms with Crippen molar-refractivity contribution in [3.8, 4) is 0 Å². The van der Waals surface area contributed by atoms with E-state index in [0.29, 0.717) is 25.4 Å². The third-order valence-electron chi connectivity index (χ3n) is 2.81. The van der Waals surface area contributed by atoms with Gasteiger partial charge in [0, 0.05) is 18.9 Å². The van der Waals surface area contributed by atoms with Crippen LogP contribution in [-0.2, 0) is 4.79 Å². The minimum absolute atomic E-state index is 0.0424. The molecule has 0 spiro atoms. The maximum Gasteiger partial charge on any atom is 0.283 e. The molecule has 1 heterocycles. The Hall–Kier alpha value is -1.42. The van der Waals surface area contributed by atoms with Gasteiger partial charge in [-0.15, -0.1) is 11.8 Å². The van der Waals surface area contributed by atoms with Gasteiger partial charge in [0.25, 0.3) is 11.6 Å². The van der Waals surface area contributed by atoms with Crippen LogP contribution < -0.4 is 0 Å². The third kappa shape index (κ3) is 3.67. The van der Waals surface area contributed by atoms with Crippen molar-refractivity contribution >= 4 is 57.7 Å². The van der Waals surface area contributed by atoms with Gasteiger partial charge in [-0.05, 0) is 17.7 Å². The number of carbonyl (C=O) groups is 1. The Morgan fingerprint density at radius 3 is 2.82 bits per heavy atom. The monoisotopic (exact) mass is 356 g/mol. The van der Waals surface area contributed by atoms with Gasteiger partial charge in [0.15, 0.2) is 0 Å². The lowest BCUT2D eigenvalue weighted by Gasteiger charge is -2.04. The molecule has 1 amide bonds. The molecule has 0 aliphatic carbocycles. The van der Waals surface area contributed by atoms with Gasteiger partial charge in [-0.1, -0.05) is 30.0 Å². The fraction of sp³-hybridized carbons (Fsp3) is 0.231. The molecule has 1 fully saturated rings. The van der Waals surface area contributed by atoms with Gasteiger partial charge >= 0.3 is 0 Å². The molecule has 1 aromatic carbocycles. The average Bonchev–Trinajstić information content (AvgIpc) is 2.73. The summed E-state index contributed by atoms with van der Waals surface area (Å²) in [5, 5.41) is 20.0. The van der Waals surface area contributed by atoms with Gasteiger partial charge in [0.1, 0.15) is 4.32 Å². The van der Waals surface area contributed by atoms with Crippen LogP contribution in [-0.4, -0.2) is 44.6 Å². The number of likely N-dealkylation sites (N-methyl/N-ethyl adjacent to an activating group) is 1. The molecule has 1 saturated heterocycles. The molecule has 9 heteroatoms. The molecule has 0 radical (unpaired) electrons. The highest BCUT2D eigenvalue weighted by Gasteiger charge is 2.28. The van der Waals surface area contributed by atoms with Crippen molar-refractivity contribution in [2.75, 3.05) is 19.4 Å². The summed E-state index contributed by atoms with van der Waals surface area (Å²) < 4.78 is 0.459. The Bertz CT molecular complexity index is 675. The number of thiocarbonyl (C=S) groups is 1. The summed E-state index contributed by atoms with van der Waals surface area (Å²) in [7, 11) is 1.59. The molecule has 22 heavy (non-hydrogen) atoms. The van der Waals surface area contributed by atoms with E-state index in [9.17, 15) is 14.9 Å². The first-order valence-corrected chi connectivity index (χ1v) is 8.38. The fourth-order valence-electron chi connectivity index (χ4n) is 1.74. The van der Waals surface area contributed by atoms with E-state index in [0.717, 1.165) is 0 Å². The number of aliphatic hydroxyl groups excluding tert-OH is 1. The number of carbonyl (C=O) groups excluding carboxylic acids is 1. The van der Waals surface area contributed by atoms with Crippen molar-refractivity contribution in [3.63, 3.8) is 0 Å². The van der Waals surface area contributed by atoms with E-state index >= 15 is 0 Å². The highest BCUT2D eigenvalue weighted by Crippen LogP contribution is 2.34. The molecule has 1 N–H and O–H groups in total. The van der Waals surface area contributed by atoms with E-state index in [-0.39, 0.29) is 18.2 Å². The van der Waals surface area contributed by atoms with E-state index in [4.69, 9.17) is 17.3 Å². The summed E-state index contributed by atoms with van der Waals surface area (Å²) in [6.07, 6.45) is 1.59. The minimum Gasteiger partial charge on any atom is -0.396 e. The highest BCUT2D eigenvalue weighted by molar-refractivity contribution is 8.26. The summed E-state index contributed by atoms with van der Waals surface area (Å²) in [4.78, 5) is 24.9. The summed E-state index contributed by atoms with van der Waals surface area (Å²) in [6, 6.07) is 4.74. The van der Waals surface area contributed by atoms with Crippen LogP contribution in [0.15, 0.2) is 28.0 Å². The quantitative estimate of drug-likeness (QED) is 0.285. The van der Waals surface area contributed by atoms with Crippen molar-refractivity contribution in [2.45, 2.75) is 4.90 Å². The number of thioether (sulfide) groups is 2. The lowest BCUT2D eigenvalue weighted by Crippen LogP contribution is -2.22. The first kappa shape index (κ1) is 16.9. The van der Waals surface area contributed by atoms with Gasteiger partial charge < -0.3 is 5.11 Å². The molecule has 1 aliphatic rings. The summed E-state index contributed by atoms with van der Waals surface area (Å²) >= 11 is 7.42. The molecule has 116 valence electrons. The number of hydrogen-bond acceptors (Lipinski definition) is 7. The molecule has 0 saturated carbocycles.